The standard InChI is InChI=1S/C11H8F3N3O2/c12-11(13,14)9-5-8(10(18)19)16-17(9)7-3-1-2-6(15)4-7/h1-5H,15H2,(H,18,19). The minimum Gasteiger partial charge on any atom is -0.476 e. The molecule has 0 bridgehead atoms. The average Bonchev–Trinajstić information content (AvgIpc) is 2.73. The number of carbonyl (C=O) groups is 1. The second kappa shape index (κ2) is 4.30. The average molecular weight is 271 g/mol. The molecule has 0 aliphatic heterocycles. The molecule has 1 heterocycles. The fourth-order valence-corrected chi connectivity index (χ4v) is 1.54. The molecule has 0 atom stereocenters. The van der Waals surface area contributed by atoms with Crippen LogP contribution in [0.3, 0.4) is 0 Å². The molecule has 3 N–H and O–H groups in total. The molecule has 0 aliphatic rings. The summed E-state index contributed by atoms with van der Waals surface area (Å²) in [4.78, 5) is 10.7. The van der Waals surface area contributed by atoms with Crippen molar-refractivity contribution in [2.45, 2.75) is 6.18 Å². The summed E-state index contributed by atoms with van der Waals surface area (Å²) in [5, 5.41) is 12.2. The van der Waals surface area contributed by atoms with Crippen LogP contribution in [0, 0.1) is 0 Å². The maximum atomic E-state index is 12.8. The lowest BCUT2D eigenvalue weighted by molar-refractivity contribution is -0.142. The number of rotatable bonds is 2. The van der Waals surface area contributed by atoms with Gasteiger partial charge in [0, 0.05) is 11.8 Å². The Balaban J connectivity index is 2.64. The molecule has 0 saturated carbocycles. The lowest BCUT2D eigenvalue weighted by atomic mass is 10.2. The van der Waals surface area contributed by atoms with Gasteiger partial charge < -0.3 is 10.8 Å². The number of aromatic nitrogens is 2. The van der Waals surface area contributed by atoms with Crippen LogP contribution in [0.15, 0.2) is 30.3 Å². The molecule has 0 unspecified atom stereocenters. The number of hydrogen-bond acceptors (Lipinski definition) is 3. The number of nitrogens with two attached hydrogens (primary N) is 1. The molecular weight excluding hydrogens is 263 g/mol. The van der Waals surface area contributed by atoms with Crippen molar-refractivity contribution in [3.05, 3.63) is 41.7 Å². The maximum Gasteiger partial charge on any atom is 0.433 e. The van der Waals surface area contributed by atoms with Crippen LogP contribution in [0.4, 0.5) is 18.9 Å². The SMILES string of the molecule is Nc1cccc(-n2nc(C(=O)O)cc2C(F)(F)F)c1. The van der Waals surface area contributed by atoms with Gasteiger partial charge in [-0.3, -0.25) is 0 Å². The number of carboxylic acids is 1. The lowest BCUT2D eigenvalue weighted by Gasteiger charge is -2.10. The Morgan fingerprint density at radius 3 is 2.53 bits per heavy atom. The highest BCUT2D eigenvalue weighted by Gasteiger charge is 2.37. The van der Waals surface area contributed by atoms with Gasteiger partial charge in [-0.1, -0.05) is 6.07 Å². The van der Waals surface area contributed by atoms with Crippen LogP contribution in [0.5, 0.6) is 0 Å². The number of anilines is 1. The van der Waals surface area contributed by atoms with E-state index in [4.69, 9.17) is 10.8 Å². The number of hydrogen-bond donors (Lipinski definition) is 2. The third kappa shape index (κ3) is 2.51. The first-order valence-electron chi connectivity index (χ1n) is 5.05. The van der Waals surface area contributed by atoms with E-state index in [9.17, 15) is 18.0 Å². The number of benzene rings is 1. The topological polar surface area (TPSA) is 81.1 Å². The van der Waals surface area contributed by atoms with Crippen LogP contribution < -0.4 is 5.73 Å². The highest BCUT2D eigenvalue weighted by Crippen LogP contribution is 2.31. The quantitative estimate of drug-likeness (QED) is 0.820. The summed E-state index contributed by atoms with van der Waals surface area (Å²) in [6, 6.07) is 6.05. The number of aromatic carboxylic acids is 1. The normalized spacial score (nSPS) is 11.5. The number of alkyl halides is 3. The molecule has 0 amide bonds. The molecule has 0 radical (unpaired) electrons. The summed E-state index contributed by atoms with van der Waals surface area (Å²) in [7, 11) is 0. The molecule has 0 spiro atoms. The number of halogens is 3. The van der Waals surface area contributed by atoms with Crippen molar-refractivity contribution in [2.75, 3.05) is 5.73 Å². The molecule has 2 aromatic rings. The van der Waals surface area contributed by atoms with Gasteiger partial charge in [0.25, 0.3) is 0 Å². The van der Waals surface area contributed by atoms with E-state index in [1.54, 1.807) is 0 Å². The molecule has 1 aromatic carbocycles. The minimum atomic E-state index is -4.72. The number of nitrogens with zero attached hydrogens (tertiary/aromatic N) is 2. The zero-order chi connectivity index (χ0) is 14.2. The molecule has 0 fully saturated rings. The predicted octanol–water partition coefficient (Wildman–Crippen LogP) is 2.17. The van der Waals surface area contributed by atoms with Crippen LogP contribution in [0.2, 0.25) is 0 Å². The molecule has 0 aliphatic carbocycles. The van der Waals surface area contributed by atoms with Gasteiger partial charge in [-0.05, 0) is 18.2 Å². The maximum absolute atomic E-state index is 12.8. The Morgan fingerprint density at radius 1 is 1.32 bits per heavy atom. The fourth-order valence-electron chi connectivity index (χ4n) is 1.54. The Kier molecular flexibility index (Phi) is 2.93. The van der Waals surface area contributed by atoms with Crippen molar-refractivity contribution in [1.29, 1.82) is 0 Å². The third-order valence-corrected chi connectivity index (χ3v) is 2.33. The predicted molar refractivity (Wildman–Crippen MR) is 59.9 cm³/mol. The lowest BCUT2D eigenvalue weighted by Crippen LogP contribution is -2.13. The second-order valence-corrected chi connectivity index (χ2v) is 3.72. The van der Waals surface area contributed by atoms with Crippen LogP contribution in [-0.4, -0.2) is 20.9 Å². The zero-order valence-electron chi connectivity index (χ0n) is 9.35. The van der Waals surface area contributed by atoms with Crippen molar-refractivity contribution in [2.24, 2.45) is 0 Å². The first-order valence-corrected chi connectivity index (χ1v) is 5.05. The van der Waals surface area contributed by atoms with E-state index in [2.05, 4.69) is 5.10 Å². The van der Waals surface area contributed by atoms with Crippen LogP contribution in [0.25, 0.3) is 5.69 Å². The van der Waals surface area contributed by atoms with Crippen LogP contribution >= 0.6 is 0 Å². The van der Waals surface area contributed by atoms with E-state index < -0.39 is 23.5 Å². The summed E-state index contributed by atoms with van der Waals surface area (Å²) in [6.45, 7) is 0. The highest BCUT2D eigenvalue weighted by atomic mass is 19.4. The fraction of sp³-hybridized carbons (Fsp3) is 0.0909. The van der Waals surface area contributed by atoms with Gasteiger partial charge in [0.1, 0.15) is 5.69 Å². The number of carboxylic acid groups (broad SMARTS) is 1. The first kappa shape index (κ1) is 12.9. The summed E-state index contributed by atoms with van der Waals surface area (Å²) in [5.74, 6) is -1.53. The van der Waals surface area contributed by atoms with Crippen molar-refractivity contribution in [3.8, 4) is 5.69 Å². The number of nitrogen functional groups attached to an aromatic ring is 1. The molecule has 8 heteroatoms. The Bertz CT molecular complexity index is 634. The van der Waals surface area contributed by atoms with Gasteiger partial charge in [-0.15, -0.1) is 0 Å². The van der Waals surface area contributed by atoms with E-state index in [-0.39, 0.29) is 11.4 Å². The zero-order valence-corrected chi connectivity index (χ0v) is 9.35. The van der Waals surface area contributed by atoms with Gasteiger partial charge in [0.15, 0.2) is 5.69 Å². The largest absolute Gasteiger partial charge is 0.476 e. The van der Waals surface area contributed by atoms with Gasteiger partial charge in [0.2, 0.25) is 0 Å². The van der Waals surface area contributed by atoms with Crippen molar-refractivity contribution < 1.29 is 23.1 Å². The van der Waals surface area contributed by atoms with E-state index in [1.807, 2.05) is 0 Å². The van der Waals surface area contributed by atoms with Crippen molar-refractivity contribution >= 4 is 11.7 Å². The molecular formula is C11H8F3N3O2. The van der Waals surface area contributed by atoms with Crippen molar-refractivity contribution in [3.63, 3.8) is 0 Å². The van der Waals surface area contributed by atoms with Gasteiger partial charge in [0.05, 0.1) is 5.69 Å². The third-order valence-electron chi connectivity index (χ3n) is 2.33. The summed E-state index contributed by atoms with van der Waals surface area (Å²) < 4.78 is 39.0. The summed E-state index contributed by atoms with van der Waals surface area (Å²) in [5.41, 5.74) is 3.92. The van der Waals surface area contributed by atoms with Gasteiger partial charge in [-0.2, -0.15) is 18.3 Å². The minimum absolute atomic E-state index is 0.0415. The summed E-state index contributed by atoms with van der Waals surface area (Å²) in [6.07, 6.45) is -4.72. The van der Waals surface area contributed by atoms with E-state index >= 15 is 0 Å². The Hall–Kier alpha value is -2.51. The highest BCUT2D eigenvalue weighted by molar-refractivity contribution is 5.85. The molecule has 100 valence electrons. The van der Waals surface area contributed by atoms with Crippen molar-refractivity contribution in [1.82, 2.24) is 9.78 Å². The molecule has 1 aromatic heterocycles. The van der Waals surface area contributed by atoms with Gasteiger partial charge in [-0.25, -0.2) is 9.48 Å². The molecule has 5 nitrogen and oxygen atoms in total. The Morgan fingerprint density at radius 2 is 2.00 bits per heavy atom. The summed E-state index contributed by atoms with van der Waals surface area (Å²) >= 11 is 0. The molecule has 2 rings (SSSR count). The second-order valence-electron chi connectivity index (χ2n) is 3.72. The van der Waals surface area contributed by atoms with E-state index in [0.29, 0.717) is 10.7 Å². The van der Waals surface area contributed by atoms with Crippen LogP contribution in [0.1, 0.15) is 16.2 Å². The van der Waals surface area contributed by atoms with E-state index in [0.717, 1.165) is 0 Å². The monoisotopic (exact) mass is 271 g/mol. The Labute approximate surface area is 105 Å². The smallest absolute Gasteiger partial charge is 0.433 e. The molecule has 19 heavy (non-hydrogen) atoms. The van der Waals surface area contributed by atoms with E-state index in [1.165, 1.54) is 24.3 Å². The molecule has 0 saturated heterocycles. The van der Waals surface area contributed by atoms with Gasteiger partial charge >= 0.3 is 12.1 Å². The van der Waals surface area contributed by atoms with Crippen LogP contribution in [-0.2, 0) is 6.18 Å². The first-order chi connectivity index (χ1) is 8.79.